The molecule has 0 unspecified atom stereocenters. The van der Waals surface area contributed by atoms with Crippen molar-refractivity contribution < 1.29 is 9.59 Å². The first kappa shape index (κ1) is 12.4. The maximum atomic E-state index is 12.4. The van der Waals surface area contributed by atoms with Crippen LogP contribution in [0.2, 0.25) is 0 Å². The van der Waals surface area contributed by atoms with Crippen LogP contribution in [0.1, 0.15) is 51.4 Å². The lowest BCUT2D eigenvalue weighted by Gasteiger charge is -2.56. The van der Waals surface area contributed by atoms with E-state index in [9.17, 15) is 9.59 Å². The summed E-state index contributed by atoms with van der Waals surface area (Å²) in [6.45, 7) is 0. The van der Waals surface area contributed by atoms with E-state index in [1.165, 1.54) is 19.3 Å². The van der Waals surface area contributed by atoms with Gasteiger partial charge < -0.3 is 5.32 Å². The highest BCUT2D eigenvalue weighted by Crippen LogP contribution is 2.55. The number of carbonyl (C=O) groups is 2. The van der Waals surface area contributed by atoms with E-state index >= 15 is 0 Å². The minimum absolute atomic E-state index is 0.0236. The summed E-state index contributed by atoms with van der Waals surface area (Å²) >= 11 is 0. The van der Waals surface area contributed by atoms with Crippen LogP contribution in [0, 0.1) is 17.8 Å². The van der Waals surface area contributed by atoms with E-state index in [2.05, 4.69) is 15.8 Å². The van der Waals surface area contributed by atoms with Gasteiger partial charge in [0.15, 0.2) is 0 Å². The largest absolute Gasteiger partial charge is 0.345 e. The molecule has 0 spiro atoms. The predicted molar refractivity (Wildman–Crippen MR) is 73.9 cm³/mol. The van der Waals surface area contributed by atoms with E-state index in [4.69, 9.17) is 0 Å². The van der Waals surface area contributed by atoms with Crippen LogP contribution in [0.15, 0.2) is 5.10 Å². The number of carbonyl (C=O) groups excluding carboxylic acids is 2. The number of nitrogens with one attached hydrogen (secondary N) is 2. The van der Waals surface area contributed by atoms with Gasteiger partial charge in [0.25, 0.3) is 5.91 Å². The number of hydrogen-bond acceptors (Lipinski definition) is 3. The molecule has 0 aromatic heterocycles. The van der Waals surface area contributed by atoms with E-state index in [1.807, 2.05) is 0 Å². The molecule has 4 fully saturated rings. The van der Waals surface area contributed by atoms with Crippen molar-refractivity contribution in [1.29, 1.82) is 0 Å². The molecule has 2 N–H and O–H groups in total. The number of hydrogen-bond donors (Lipinski definition) is 2. The molecule has 20 heavy (non-hydrogen) atoms. The quantitative estimate of drug-likeness (QED) is 0.798. The Bertz CT molecular complexity index is 462. The van der Waals surface area contributed by atoms with E-state index < -0.39 is 0 Å². The van der Waals surface area contributed by atoms with Crippen LogP contribution in [0.25, 0.3) is 0 Å². The van der Waals surface area contributed by atoms with E-state index in [0.717, 1.165) is 37.0 Å². The zero-order valence-corrected chi connectivity index (χ0v) is 11.7. The Hall–Kier alpha value is -1.39. The average Bonchev–Trinajstić information content (AvgIpc) is 2.37. The maximum absolute atomic E-state index is 12.4. The van der Waals surface area contributed by atoms with Gasteiger partial charge in [-0.15, -0.1) is 0 Å². The van der Waals surface area contributed by atoms with E-state index in [-0.39, 0.29) is 17.4 Å². The summed E-state index contributed by atoms with van der Waals surface area (Å²) in [5.41, 5.74) is 2.92. The second-order valence-electron chi connectivity index (χ2n) is 7.25. The third kappa shape index (κ3) is 2.03. The Balaban J connectivity index is 1.48. The molecular formula is C15H21N3O2. The van der Waals surface area contributed by atoms with Gasteiger partial charge in [-0.25, -0.2) is 5.43 Å². The number of hydrazone groups is 1. The van der Waals surface area contributed by atoms with Gasteiger partial charge in [0, 0.05) is 18.4 Å². The molecule has 4 bridgehead atoms. The number of rotatable bonds is 2. The SMILES string of the molecule is O=C1CCC(C(=O)NC23CC4CC(CC(C4)C2)C3)=NN1. The van der Waals surface area contributed by atoms with E-state index in [0.29, 0.717) is 18.6 Å². The Morgan fingerprint density at radius 2 is 1.70 bits per heavy atom. The summed E-state index contributed by atoms with van der Waals surface area (Å²) in [6.07, 6.45) is 8.36. The van der Waals surface area contributed by atoms with Crippen LogP contribution in [0.5, 0.6) is 0 Å². The molecule has 0 aromatic rings. The van der Waals surface area contributed by atoms with Crippen molar-refractivity contribution in [3.05, 3.63) is 0 Å². The Labute approximate surface area is 118 Å². The second kappa shape index (κ2) is 4.30. The smallest absolute Gasteiger partial charge is 0.267 e. The molecule has 0 aromatic carbocycles. The van der Waals surface area contributed by atoms with Crippen molar-refractivity contribution in [2.45, 2.75) is 56.9 Å². The number of amides is 2. The highest BCUT2D eigenvalue weighted by atomic mass is 16.2. The Kier molecular flexibility index (Phi) is 2.66. The first-order valence-corrected chi connectivity index (χ1v) is 7.80. The van der Waals surface area contributed by atoms with Gasteiger partial charge in [0.05, 0.1) is 0 Å². The summed E-state index contributed by atoms with van der Waals surface area (Å²) in [5.74, 6) is 2.28. The van der Waals surface area contributed by atoms with Crippen LogP contribution in [0.3, 0.4) is 0 Å². The van der Waals surface area contributed by atoms with Crippen molar-refractivity contribution >= 4 is 17.5 Å². The molecule has 5 heteroatoms. The molecule has 1 aliphatic heterocycles. The van der Waals surface area contributed by atoms with E-state index in [1.54, 1.807) is 0 Å². The summed E-state index contributed by atoms with van der Waals surface area (Å²) in [5, 5.41) is 7.20. The third-order valence-electron chi connectivity index (χ3n) is 5.58. The molecular weight excluding hydrogens is 254 g/mol. The van der Waals surface area contributed by atoms with Crippen molar-refractivity contribution in [2.75, 3.05) is 0 Å². The van der Waals surface area contributed by atoms with Gasteiger partial charge in [-0.05, 0) is 56.3 Å². The van der Waals surface area contributed by atoms with Crippen LogP contribution in [0.4, 0.5) is 0 Å². The van der Waals surface area contributed by atoms with Crippen LogP contribution < -0.4 is 10.7 Å². The predicted octanol–water partition coefficient (Wildman–Crippen LogP) is 1.34. The van der Waals surface area contributed by atoms with Gasteiger partial charge in [-0.3, -0.25) is 9.59 Å². The van der Waals surface area contributed by atoms with Gasteiger partial charge in [0.1, 0.15) is 5.71 Å². The molecule has 0 saturated heterocycles. The molecule has 108 valence electrons. The first-order valence-electron chi connectivity index (χ1n) is 7.80. The van der Waals surface area contributed by atoms with Crippen molar-refractivity contribution in [2.24, 2.45) is 22.9 Å². The molecule has 4 saturated carbocycles. The van der Waals surface area contributed by atoms with Gasteiger partial charge in [-0.2, -0.15) is 5.10 Å². The lowest BCUT2D eigenvalue weighted by molar-refractivity contribution is -0.121. The van der Waals surface area contributed by atoms with Crippen molar-refractivity contribution in [3.63, 3.8) is 0 Å². The minimum atomic E-state index is -0.101. The fourth-order valence-electron chi connectivity index (χ4n) is 5.21. The zero-order valence-electron chi connectivity index (χ0n) is 11.7. The Morgan fingerprint density at radius 3 is 2.20 bits per heavy atom. The average molecular weight is 275 g/mol. The van der Waals surface area contributed by atoms with Crippen LogP contribution in [-0.2, 0) is 9.59 Å². The minimum Gasteiger partial charge on any atom is -0.345 e. The monoisotopic (exact) mass is 275 g/mol. The lowest BCUT2D eigenvalue weighted by atomic mass is 9.53. The lowest BCUT2D eigenvalue weighted by Crippen LogP contribution is -2.61. The topological polar surface area (TPSA) is 70.6 Å². The maximum Gasteiger partial charge on any atom is 0.267 e. The van der Waals surface area contributed by atoms with Crippen LogP contribution >= 0.6 is 0 Å². The second-order valence-corrected chi connectivity index (χ2v) is 7.25. The molecule has 0 atom stereocenters. The van der Waals surface area contributed by atoms with Gasteiger partial charge in [0.2, 0.25) is 5.91 Å². The third-order valence-corrected chi connectivity index (χ3v) is 5.58. The van der Waals surface area contributed by atoms with Gasteiger partial charge >= 0.3 is 0 Å². The van der Waals surface area contributed by atoms with Crippen LogP contribution in [-0.4, -0.2) is 23.1 Å². The molecule has 5 nitrogen and oxygen atoms in total. The molecule has 5 rings (SSSR count). The first-order chi connectivity index (χ1) is 9.62. The van der Waals surface area contributed by atoms with Gasteiger partial charge in [-0.1, -0.05) is 0 Å². The normalized spacial score (nSPS) is 42.1. The Morgan fingerprint density at radius 1 is 1.10 bits per heavy atom. The highest BCUT2D eigenvalue weighted by Gasteiger charge is 2.51. The molecule has 0 radical (unpaired) electrons. The molecule has 2 amide bonds. The zero-order chi connectivity index (χ0) is 13.7. The number of nitrogens with zero attached hydrogens (tertiary/aromatic N) is 1. The highest BCUT2D eigenvalue weighted by molar-refractivity contribution is 6.39. The summed E-state index contributed by atoms with van der Waals surface area (Å²) in [7, 11) is 0. The summed E-state index contributed by atoms with van der Waals surface area (Å²) in [4.78, 5) is 23.5. The summed E-state index contributed by atoms with van der Waals surface area (Å²) < 4.78 is 0. The molecule has 1 heterocycles. The fraction of sp³-hybridized carbons (Fsp3) is 0.800. The van der Waals surface area contributed by atoms with Crippen molar-refractivity contribution in [1.82, 2.24) is 10.7 Å². The molecule has 4 aliphatic carbocycles. The standard InChI is InChI=1S/C15H21N3O2/c19-13-2-1-12(17-18-13)14(20)16-15-6-9-3-10(7-15)5-11(4-9)8-15/h9-11H,1-8H2,(H,16,20)(H,18,19). The summed E-state index contributed by atoms with van der Waals surface area (Å²) in [6, 6.07) is 0. The van der Waals surface area contributed by atoms with Crippen molar-refractivity contribution in [3.8, 4) is 0 Å². The molecule has 5 aliphatic rings. The fourth-order valence-corrected chi connectivity index (χ4v) is 5.21.